The van der Waals surface area contributed by atoms with Crippen LogP contribution in [0.4, 0.5) is 0 Å². The van der Waals surface area contributed by atoms with E-state index in [0.717, 1.165) is 16.9 Å². The molecule has 0 bridgehead atoms. The summed E-state index contributed by atoms with van der Waals surface area (Å²) in [5.74, 6) is -0.587. The largest absolute Gasteiger partial charge is 0.487 e. The first-order valence-electron chi connectivity index (χ1n) is 9.39. The van der Waals surface area contributed by atoms with Crippen molar-refractivity contribution in [3.8, 4) is 5.75 Å². The number of carbonyl (C=O) groups is 1. The van der Waals surface area contributed by atoms with E-state index in [-0.39, 0.29) is 29.3 Å². The smallest absolute Gasteiger partial charge is 0.320 e. The van der Waals surface area contributed by atoms with Crippen LogP contribution in [-0.4, -0.2) is 49.1 Å². The number of aliphatic imine (C=N–C) groups is 1. The maximum Gasteiger partial charge on any atom is 0.320 e. The summed E-state index contributed by atoms with van der Waals surface area (Å²) in [6, 6.07) is -0.978. The van der Waals surface area contributed by atoms with Crippen molar-refractivity contribution < 1.29 is 28.5 Å². The number of carboxylic acid groups (broad SMARTS) is 1. The van der Waals surface area contributed by atoms with Crippen LogP contribution in [-0.2, 0) is 21.2 Å². The normalized spacial score (nSPS) is 16.3. The topological polar surface area (TPSA) is 189 Å². The highest BCUT2D eigenvalue weighted by Gasteiger charge is 2.36. The third-order valence-electron chi connectivity index (χ3n) is 5.07. The summed E-state index contributed by atoms with van der Waals surface area (Å²) in [7, 11) is -3.95. The van der Waals surface area contributed by atoms with Crippen LogP contribution in [0, 0.1) is 20.8 Å². The molecule has 1 aromatic rings. The van der Waals surface area contributed by atoms with Gasteiger partial charge >= 0.3 is 5.97 Å². The second-order valence-electron chi connectivity index (χ2n) is 8.01. The van der Waals surface area contributed by atoms with E-state index in [0.29, 0.717) is 24.0 Å². The van der Waals surface area contributed by atoms with Crippen molar-refractivity contribution in [3.05, 3.63) is 22.3 Å². The second kappa shape index (κ2) is 9.19. The van der Waals surface area contributed by atoms with Crippen molar-refractivity contribution in [2.75, 3.05) is 6.54 Å². The molecule has 0 spiro atoms. The Morgan fingerprint density at radius 1 is 1.27 bits per heavy atom. The Morgan fingerprint density at radius 2 is 1.87 bits per heavy atom. The second-order valence-corrected chi connectivity index (χ2v) is 9.63. The SMILES string of the molecule is Cc1c(C)c(S(=O)(=O)NC(N)=NCCC[C@H](N)C(=O)O)c(C)c2c1OC(C)(C)C2.O. The summed E-state index contributed by atoms with van der Waals surface area (Å²) < 4.78 is 34.4. The van der Waals surface area contributed by atoms with Gasteiger partial charge < -0.3 is 26.8 Å². The van der Waals surface area contributed by atoms with E-state index >= 15 is 0 Å². The van der Waals surface area contributed by atoms with Crippen LogP contribution in [0.25, 0.3) is 0 Å². The van der Waals surface area contributed by atoms with Gasteiger partial charge in [0.2, 0.25) is 5.96 Å². The number of guanidine groups is 1. The van der Waals surface area contributed by atoms with Crippen molar-refractivity contribution in [2.24, 2.45) is 16.5 Å². The van der Waals surface area contributed by atoms with Gasteiger partial charge in [0.15, 0.2) is 0 Å². The predicted molar refractivity (Wildman–Crippen MR) is 114 cm³/mol. The number of hydrogen-bond acceptors (Lipinski definition) is 6. The van der Waals surface area contributed by atoms with Crippen LogP contribution in [0.15, 0.2) is 9.89 Å². The van der Waals surface area contributed by atoms with E-state index in [2.05, 4.69) is 9.71 Å². The molecule has 0 saturated carbocycles. The Hall–Kier alpha value is -2.37. The van der Waals surface area contributed by atoms with Gasteiger partial charge in [-0.1, -0.05) is 0 Å². The lowest BCUT2D eigenvalue weighted by Gasteiger charge is -2.19. The van der Waals surface area contributed by atoms with Crippen LogP contribution in [0.5, 0.6) is 5.75 Å². The van der Waals surface area contributed by atoms with Gasteiger partial charge in [0.25, 0.3) is 10.0 Å². The van der Waals surface area contributed by atoms with E-state index in [1.807, 2.05) is 20.8 Å². The van der Waals surface area contributed by atoms with Gasteiger partial charge in [-0.25, -0.2) is 13.1 Å². The first kappa shape index (κ1) is 25.7. The summed E-state index contributed by atoms with van der Waals surface area (Å²) in [5, 5.41) is 8.76. The van der Waals surface area contributed by atoms with Crippen molar-refractivity contribution in [3.63, 3.8) is 0 Å². The summed E-state index contributed by atoms with van der Waals surface area (Å²) in [6.45, 7) is 9.45. The zero-order chi connectivity index (χ0) is 22.1. The monoisotopic (exact) mass is 444 g/mol. The summed E-state index contributed by atoms with van der Waals surface area (Å²) in [6.07, 6.45) is 1.21. The Kier molecular flexibility index (Phi) is 7.86. The van der Waals surface area contributed by atoms with Gasteiger partial charge in [-0.3, -0.25) is 9.79 Å². The number of benzene rings is 1. The molecule has 1 aliphatic rings. The number of nitrogens with one attached hydrogen (secondary N) is 1. The molecule has 0 saturated heterocycles. The first-order chi connectivity index (χ1) is 13.3. The van der Waals surface area contributed by atoms with Crippen molar-refractivity contribution >= 4 is 22.0 Å². The summed E-state index contributed by atoms with van der Waals surface area (Å²) in [5.41, 5.74) is 13.7. The zero-order valence-corrected chi connectivity index (χ0v) is 18.8. The maximum absolute atomic E-state index is 13.0. The number of carboxylic acids is 1. The molecule has 0 unspecified atom stereocenters. The first-order valence-corrected chi connectivity index (χ1v) is 10.9. The summed E-state index contributed by atoms with van der Waals surface area (Å²) >= 11 is 0. The van der Waals surface area contributed by atoms with Crippen molar-refractivity contribution in [1.29, 1.82) is 0 Å². The highest BCUT2D eigenvalue weighted by atomic mass is 32.2. The standard InChI is InChI=1S/C19H30N4O5S.H2O/c1-10-11(2)16(12(3)13-9-19(4,5)28-15(10)13)29(26,27)23-18(21)22-8-6-7-14(20)17(24)25;/h14H,6-9,20H2,1-5H3,(H,24,25)(H3,21,22,23);1H2/t14-;/m0./s1. The number of nitrogens with two attached hydrogens (primary N) is 2. The third-order valence-corrected chi connectivity index (χ3v) is 6.70. The van der Waals surface area contributed by atoms with Gasteiger partial charge in [0.05, 0.1) is 4.90 Å². The number of rotatable bonds is 7. The fraction of sp³-hybridized carbons (Fsp3) is 0.579. The quantitative estimate of drug-likeness (QED) is 0.264. The average Bonchev–Trinajstić information content (AvgIpc) is 2.92. The molecule has 11 heteroatoms. The lowest BCUT2D eigenvalue weighted by molar-refractivity contribution is -0.138. The summed E-state index contributed by atoms with van der Waals surface area (Å²) in [4.78, 5) is 14.9. The van der Waals surface area contributed by atoms with E-state index in [1.165, 1.54) is 0 Å². The molecule has 1 aromatic carbocycles. The third kappa shape index (κ3) is 5.41. The minimum Gasteiger partial charge on any atom is -0.487 e. The highest BCUT2D eigenvalue weighted by molar-refractivity contribution is 7.90. The van der Waals surface area contributed by atoms with E-state index in [9.17, 15) is 13.2 Å². The lowest BCUT2D eigenvalue weighted by atomic mass is 9.94. The van der Waals surface area contributed by atoms with Gasteiger partial charge in [-0.2, -0.15) is 0 Å². The average molecular weight is 445 g/mol. The number of ether oxygens (including phenoxy) is 1. The number of fused-ring (bicyclic) bond motifs is 1. The van der Waals surface area contributed by atoms with Gasteiger partial charge in [0, 0.05) is 18.5 Å². The molecule has 0 radical (unpaired) electrons. The van der Waals surface area contributed by atoms with E-state index in [1.54, 1.807) is 13.8 Å². The molecule has 30 heavy (non-hydrogen) atoms. The molecular formula is C19H32N4O6S. The molecule has 8 N–H and O–H groups in total. The molecule has 1 heterocycles. The van der Waals surface area contributed by atoms with E-state index < -0.39 is 27.6 Å². The van der Waals surface area contributed by atoms with Crippen LogP contribution in [0.1, 0.15) is 48.9 Å². The predicted octanol–water partition coefficient (Wildman–Crippen LogP) is 0.286. The molecule has 0 fully saturated rings. The Morgan fingerprint density at radius 3 is 2.43 bits per heavy atom. The molecule has 170 valence electrons. The van der Waals surface area contributed by atoms with E-state index in [4.69, 9.17) is 21.3 Å². The minimum atomic E-state index is -3.95. The number of aliphatic carboxylic acids is 1. The molecule has 2 rings (SSSR count). The van der Waals surface area contributed by atoms with Crippen LogP contribution in [0.2, 0.25) is 0 Å². The lowest BCUT2D eigenvalue weighted by Crippen LogP contribution is -2.38. The maximum atomic E-state index is 13.0. The Bertz CT molecular complexity index is 957. The fourth-order valence-electron chi connectivity index (χ4n) is 3.50. The molecule has 1 aliphatic heterocycles. The number of nitrogens with zero attached hydrogens (tertiary/aromatic N) is 1. The van der Waals surface area contributed by atoms with Crippen molar-refractivity contribution in [2.45, 2.75) is 70.4 Å². The number of sulfonamides is 1. The zero-order valence-electron chi connectivity index (χ0n) is 18.0. The van der Waals surface area contributed by atoms with Crippen LogP contribution < -0.4 is 20.9 Å². The number of hydrogen-bond donors (Lipinski definition) is 4. The van der Waals surface area contributed by atoms with Crippen LogP contribution >= 0.6 is 0 Å². The van der Waals surface area contributed by atoms with Crippen molar-refractivity contribution in [1.82, 2.24) is 4.72 Å². The molecule has 0 aromatic heterocycles. The van der Waals surface area contributed by atoms with Gasteiger partial charge in [-0.15, -0.1) is 0 Å². The molecule has 0 aliphatic carbocycles. The Balaban J connectivity index is 0.00000450. The molecular weight excluding hydrogens is 412 g/mol. The minimum absolute atomic E-state index is 0. The van der Waals surface area contributed by atoms with Gasteiger partial charge in [-0.05, 0) is 64.2 Å². The molecule has 1 atom stereocenters. The fourth-order valence-corrected chi connectivity index (χ4v) is 5.03. The van der Waals surface area contributed by atoms with Crippen LogP contribution in [0.3, 0.4) is 0 Å². The van der Waals surface area contributed by atoms with Gasteiger partial charge in [0.1, 0.15) is 17.4 Å². The Labute approximate surface area is 177 Å². The highest BCUT2D eigenvalue weighted by Crippen LogP contribution is 2.43. The molecule has 0 amide bonds. The molecule has 10 nitrogen and oxygen atoms in total.